The van der Waals surface area contributed by atoms with Crippen LogP contribution in [0.2, 0.25) is 0 Å². The van der Waals surface area contributed by atoms with Crippen LogP contribution >= 0.6 is 0 Å². The summed E-state index contributed by atoms with van der Waals surface area (Å²) in [5, 5.41) is 0. The maximum atomic E-state index is 8.82. The Balaban J connectivity index is 4.60. The van der Waals surface area contributed by atoms with Crippen LogP contribution in [-0.4, -0.2) is 49.4 Å². The average Bonchev–Trinajstić information content (AvgIpc) is 2.01. The predicted octanol–water partition coefficient (Wildman–Crippen LogP) is -0.864. The van der Waals surface area contributed by atoms with Gasteiger partial charge in [0.25, 0.3) is 0 Å². The lowest BCUT2D eigenvalue weighted by Gasteiger charge is -2.32. The molecule has 0 spiro atoms. The Labute approximate surface area is 89.6 Å². The fourth-order valence-corrected chi connectivity index (χ4v) is 1.42. The van der Waals surface area contributed by atoms with Gasteiger partial charge in [0.05, 0.1) is 19.8 Å². The second-order valence-corrected chi connectivity index (χ2v) is 3.83. The Hall–Kier alpha value is -0.0631. The minimum atomic E-state index is -4.78. The highest BCUT2D eigenvalue weighted by molar-refractivity contribution is 6.48. The highest BCUT2D eigenvalue weighted by Gasteiger charge is 2.47. The first-order valence-electron chi connectivity index (χ1n) is 4.68. The van der Waals surface area contributed by atoms with Crippen LogP contribution in [0.1, 0.15) is 20.8 Å². The van der Waals surface area contributed by atoms with Gasteiger partial charge in [-0.3, -0.25) is 4.43 Å². The van der Waals surface area contributed by atoms with Crippen molar-refractivity contribution in [2.75, 3.05) is 19.8 Å². The lowest BCUT2D eigenvalue weighted by atomic mass is 10.8. The van der Waals surface area contributed by atoms with Gasteiger partial charge in [0, 0.05) is 0 Å². The number of hydrogen-bond donors (Lipinski definition) is 3. The molecule has 0 radical (unpaired) electrons. The quantitative estimate of drug-likeness (QED) is 0.376. The largest absolute Gasteiger partial charge is 0.677 e. The lowest BCUT2D eigenvalue weighted by molar-refractivity contribution is -0.481. The van der Waals surface area contributed by atoms with E-state index in [4.69, 9.17) is 28.6 Å². The van der Waals surface area contributed by atoms with Crippen molar-refractivity contribution >= 4 is 9.05 Å². The molecule has 0 rings (SSSR count). The van der Waals surface area contributed by atoms with Gasteiger partial charge in [-0.05, 0) is 20.8 Å². The zero-order valence-corrected chi connectivity index (χ0v) is 10.1. The molecular formula is C7H18O7Si. The number of rotatable bonds is 8. The van der Waals surface area contributed by atoms with Crippen molar-refractivity contribution in [1.82, 2.24) is 0 Å². The van der Waals surface area contributed by atoms with E-state index in [0.29, 0.717) is 0 Å². The molecule has 0 aromatic heterocycles. The topological polar surface area (TPSA) is 97.6 Å². The average molecular weight is 242 g/mol. The van der Waals surface area contributed by atoms with Crippen LogP contribution in [-0.2, 0) is 18.6 Å². The standard InChI is InChI=1S/C7H18O7Si/c1-4-11-7(12-5-2,13-6-3)14-15(8,9)10/h8-10H,4-6H2,1-3H3. The first-order chi connectivity index (χ1) is 6.89. The molecule has 0 aromatic rings. The van der Waals surface area contributed by atoms with Crippen LogP contribution in [0.3, 0.4) is 0 Å². The third-order valence-corrected chi connectivity index (χ3v) is 1.75. The second kappa shape index (κ2) is 6.50. The van der Waals surface area contributed by atoms with Gasteiger partial charge < -0.3 is 28.6 Å². The summed E-state index contributed by atoms with van der Waals surface area (Å²) in [5.74, 6) is 0. The summed E-state index contributed by atoms with van der Waals surface area (Å²) in [7, 11) is -4.78. The molecule has 7 nitrogen and oxygen atoms in total. The summed E-state index contributed by atoms with van der Waals surface area (Å²) >= 11 is 0. The zero-order valence-electron chi connectivity index (χ0n) is 9.10. The van der Waals surface area contributed by atoms with Gasteiger partial charge in [-0.1, -0.05) is 0 Å². The molecule has 0 aliphatic rings. The van der Waals surface area contributed by atoms with Crippen LogP contribution in [0.4, 0.5) is 0 Å². The summed E-state index contributed by atoms with van der Waals surface area (Å²) in [6, 6.07) is 0. The van der Waals surface area contributed by atoms with E-state index in [0.717, 1.165) is 0 Å². The molecule has 0 amide bonds. The van der Waals surface area contributed by atoms with E-state index in [1.807, 2.05) is 0 Å². The Morgan fingerprint density at radius 1 is 0.867 bits per heavy atom. The van der Waals surface area contributed by atoms with Crippen molar-refractivity contribution in [1.29, 1.82) is 0 Å². The van der Waals surface area contributed by atoms with Gasteiger partial charge in [0.1, 0.15) is 0 Å². The van der Waals surface area contributed by atoms with Gasteiger partial charge >= 0.3 is 15.2 Å². The van der Waals surface area contributed by atoms with Crippen LogP contribution in [0.5, 0.6) is 0 Å². The van der Waals surface area contributed by atoms with Gasteiger partial charge in [-0.2, -0.15) is 0 Å². The zero-order chi connectivity index (χ0) is 11.9. The molecule has 0 bridgehead atoms. The van der Waals surface area contributed by atoms with E-state index in [9.17, 15) is 0 Å². The number of hydrogen-bond acceptors (Lipinski definition) is 7. The monoisotopic (exact) mass is 242 g/mol. The van der Waals surface area contributed by atoms with Crippen LogP contribution in [0.25, 0.3) is 0 Å². The molecule has 0 heterocycles. The van der Waals surface area contributed by atoms with E-state index < -0.39 is 15.2 Å². The Bertz CT molecular complexity index is 152. The maximum absolute atomic E-state index is 8.82. The van der Waals surface area contributed by atoms with Crippen molar-refractivity contribution in [3.8, 4) is 0 Å². The third-order valence-electron chi connectivity index (χ3n) is 1.23. The van der Waals surface area contributed by atoms with Crippen LogP contribution in [0, 0.1) is 0 Å². The maximum Gasteiger partial charge on any atom is 0.677 e. The second-order valence-electron chi connectivity index (χ2n) is 2.47. The van der Waals surface area contributed by atoms with Crippen molar-refractivity contribution in [2.45, 2.75) is 26.9 Å². The van der Waals surface area contributed by atoms with E-state index in [1.165, 1.54) is 0 Å². The lowest BCUT2D eigenvalue weighted by Crippen LogP contribution is -2.54. The van der Waals surface area contributed by atoms with Crippen molar-refractivity contribution in [2.24, 2.45) is 0 Å². The minimum Gasteiger partial charge on any atom is -0.367 e. The third kappa shape index (κ3) is 6.17. The van der Waals surface area contributed by atoms with E-state index in [2.05, 4.69) is 4.43 Å². The first kappa shape index (κ1) is 14.9. The smallest absolute Gasteiger partial charge is 0.367 e. The summed E-state index contributed by atoms with van der Waals surface area (Å²) in [6.07, 6.45) is -2.05. The summed E-state index contributed by atoms with van der Waals surface area (Å²) in [6.45, 7) is 5.40. The van der Waals surface area contributed by atoms with Crippen LogP contribution < -0.4 is 0 Å². The highest BCUT2D eigenvalue weighted by Crippen LogP contribution is 2.19. The molecule has 15 heavy (non-hydrogen) atoms. The summed E-state index contributed by atoms with van der Waals surface area (Å²) in [4.78, 5) is 26.5. The van der Waals surface area contributed by atoms with Gasteiger partial charge in [0.2, 0.25) is 0 Å². The van der Waals surface area contributed by atoms with E-state index in [1.54, 1.807) is 20.8 Å². The fourth-order valence-electron chi connectivity index (χ4n) is 0.911. The van der Waals surface area contributed by atoms with Gasteiger partial charge in [-0.25, -0.2) is 0 Å². The van der Waals surface area contributed by atoms with E-state index >= 15 is 0 Å². The van der Waals surface area contributed by atoms with Crippen molar-refractivity contribution < 1.29 is 33.0 Å². The Morgan fingerprint density at radius 2 is 1.20 bits per heavy atom. The molecule has 0 fully saturated rings. The van der Waals surface area contributed by atoms with Crippen LogP contribution in [0.15, 0.2) is 0 Å². The van der Waals surface area contributed by atoms with E-state index in [-0.39, 0.29) is 19.8 Å². The van der Waals surface area contributed by atoms with Crippen molar-refractivity contribution in [3.63, 3.8) is 0 Å². The normalized spacial score (nSPS) is 13.2. The van der Waals surface area contributed by atoms with Gasteiger partial charge in [0.15, 0.2) is 0 Å². The molecule has 0 unspecified atom stereocenters. The first-order valence-corrected chi connectivity index (χ1v) is 6.43. The molecule has 0 aliphatic carbocycles. The fraction of sp³-hybridized carbons (Fsp3) is 1.00. The Kier molecular flexibility index (Phi) is 6.48. The molecule has 0 saturated carbocycles. The SMILES string of the molecule is CCOC(OCC)(OCC)O[Si](O)(O)O. The summed E-state index contributed by atoms with van der Waals surface area (Å²) in [5.41, 5.74) is 0. The molecule has 0 saturated heterocycles. The molecular weight excluding hydrogens is 224 g/mol. The number of ether oxygens (including phenoxy) is 3. The summed E-state index contributed by atoms with van der Waals surface area (Å²) < 4.78 is 19.4. The van der Waals surface area contributed by atoms with Crippen molar-refractivity contribution in [3.05, 3.63) is 0 Å². The van der Waals surface area contributed by atoms with Gasteiger partial charge in [-0.15, -0.1) is 0 Å². The highest BCUT2D eigenvalue weighted by atomic mass is 28.4. The molecule has 3 N–H and O–H groups in total. The molecule has 92 valence electrons. The molecule has 0 aliphatic heterocycles. The molecule has 0 atom stereocenters. The minimum absolute atomic E-state index is 0.157. The Morgan fingerprint density at radius 3 is 1.40 bits per heavy atom. The predicted molar refractivity (Wildman–Crippen MR) is 51.1 cm³/mol. The molecule has 0 aromatic carbocycles. The molecule has 8 heteroatoms.